The van der Waals surface area contributed by atoms with Gasteiger partial charge in [-0.05, 0) is 48.7 Å². The Hall–Kier alpha value is -3.55. The summed E-state index contributed by atoms with van der Waals surface area (Å²) in [5.74, 6) is -0.0639. The number of rotatable bonds is 6. The van der Waals surface area contributed by atoms with E-state index in [1.807, 2.05) is 74.5 Å². The molecule has 0 radical (unpaired) electrons. The molecule has 5 aromatic rings. The van der Waals surface area contributed by atoms with Crippen LogP contribution in [0.3, 0.4) is 0 Å². The van der Waals surface area contributed by atoms with Crippen molar-refractivity contribution in [3.8, 4) is 5.69 Å². The van der Waals surface area contributed by atoms with Gasteiger partial charge in [-0.25, -0.2) is 4.98 Å². The molecule has 0 aliphatic rings. The number of aryl methyl sites for hydroxylation is 1. The Kier molecular flexibility index (Phi) is 6.36. The first-order chi connectivity index (χ1) is 16.9. The minimum absolute atomic E-state index is 0.107. The van der Waals surface area contributed by atoms with Crippen molar-refractivity contribution < 1.29 is 4.79 Å². The van der Waals surface area contributed by atoms with Crippen molar-refractivity contribution >= 4 is 51.2 Å². The summed E-state index contributed by atoms with van der Waals surface area (Å²) < 4.78 is 1.60. The molecule has 3 aromatic carbocycles. The summed E-state index contributed by atoms with van der Waals surface area (Å²) in [4.78, 5) is 34.5. The van der Waals surface area contributed by atoms with Gasteiger partial charge in [0, 0.05) is 22.5 Å². The van der Waals surface area contributed by atoms with E-state index in [4.69, 9.17) is 16.6 Å². The fourth-order valence-electron chi connectivity index (χ4n) is 4.05. The monoisotopic (exact) mass is 502 g/mol. The molecule has 2 N–H and O–H groups in total. The fourth-order valence-corrected chi connectivity index (χ4v) is 5.08. The summed E-state index contributed by atoms with van der Waals surface area (Å²) in [7, 11) is 0. The van der Waals surface area contributed by atoms with Crippen LogP contribution in [0.1, 0.15) is 16.7 Å². The minimum atomic E-state index is -0.195. The van der Waals surface area contributed by atoms with Crippen LogP contribution in [0.2, 0.25) is 5.02 Å². The third-order valence-corrected chi connectivity index (χ3v) is 7.38. The molecule has 2 heterocycles. The van der Waals surface area contributed by atoms with Gasteiger partial charge < -0.3 is 10.3 Å². The van der Waals surface area contributed by atoms with Crippen LogP contribution in [0.4, 0.5) is 0 Å². The van der Waals surface area contributed by atoms with Gasteiger partial charge in [0.1, 0.15) is 11.0 Å². The van der Waals surface area contributed by atoms with Crippen LogP contribution in [-0.4, -0.2) is 26.2 Å². The average Bonchev–Trinajstić information content (AvgIpc) is 3.23. The van der Waals surface area contributed by atoms with E-state index in [2.05, 4.69) is 10.3 Å². The number of carbonyl (C=O) groups is 1. The average molecular weight is 503 g/mol. The van der Waals surface area contributed by atoms with E-state index in [0.29, 0.717) is 27.8 Å². The molecule has 0 bridgehead atoms. The topological polar surface area (TPSA) is 79.8 Å². The Labute approximate surface area is 211 Å². The van der Waals surface area contributed by atoms with Crippen LogP contribution in [0.5, 0.6) is 0 Å². The molecular formula is C27H23ClN4O2S. The van der Waals surface area contributed by atoms with Crippen molar-refractivity contribution in [3.05, 3.63) is 98.8 Å². The largest absolute Gasteiger partial charge is 0.351 e. The molecule has 0 fully saturated rings. The molecule has 2 aromatic heterocycles. The van der Waals surface area contributed by atoms with E-state index in [-0.39, 0.29) is 17.2 Å². The van der Waals surface area contributed by atoms with E-state index >= 15 is 0 Å². The molecular weight excluding hydrogens is 480 g/mol. The van der Waals surface area contributed by atoms with Gasteiger partial charge in [0.15, 0.2) is 5.16 Å². The number of aromatic nitrogens is 3. The molecule has 0 aliphatic heterocycles. The van der Waals surface area contributed by atoms with Gasteiger partial charge in [-0.15, -0.1) is 0 Å². The number of benzene rings is 3. The van der Waals surface area contributed by atoms with E-state index < -0.39 is 0 Å². The quantitative estimate of drug-likeness (QED) is 0.236. The minimum Gasteiger partial charge on any atom is -0.351 e. The highest BCUT2D eigenvalue weighted by Crippen LogP contribution is 2.28. The van der Waals surface area contributed by atoms with E-state index in [1.54, 1.807) is 10.6 Å². The number of halogens is 1. The van der Waals surface area contributed by atoms with Crippen molar-refractivity contribution in [2.75, 3.05) is 5.75 Å². The molecule has 0 saturated carbocycles. The van der Waals surface area contributed by atoms with Gasteiger partial charge in [0.25, 0.3) is 5.56 Å². The summed E-state index contributed by atoms with van der Waals surface area (Å²) in [5, 5.41) is 4.85. The zero-order chi connectivity index (χ0) is 24.5. The Morgan fingerprint density at radius 2 is 1.83 bits per heavy atom. The van der Waals surface area contributed by atoms with Crippen molar-refractivity contribution in [1.82, 2.24) is 19.9 Å². The number of carbonyl (C=O) groups excluding carboxylic acids is 1. The maximum Gasteiger partial charge on any atom is 0.283 e. The highest BCUT2D eigenvalue weighted by molar-refractivity contribution is 7.99. The lowest BCUT2D eigenvalue weighted by Gasteiger charge is -2.15. The third kappa shape index (κ3) is 4.45. The molecule has 0 saturated heterocycles. The molecule has 0 aliphatic carbocycles. The summed E-state index contributed by atoms with van der Waals surface area (Å²) in [5.41, 5.74) is 5.35. The number of nitrogens with one attached hydrogen (secondary N) is 2. The van der Waals surface area contributed by atoms with Crippen LogP contribution in [0.25, 0.3) is 27.6 Å². The van der Waals surface area contributed by atoms with Crippen LogP contribution in [-0.2, 0) is 11.3 Å². The molecule has 0 unspecified atom stereocenters. The molecule has 0 atom stereocenters. The Balaban J connectivity index is 1.53. The highest BCUT2D eigenvalue weighted by atomic mass is 35.5. The summed E-state index contributed by atoms with van der Waals surface area (Å²) in [6.07, 6.45) is 0. The first-order valence-corrected chi connectivity index (χ1v) is 12.5. The van der Waals surface area contributed by atoms with Crippen LogP contribution >= 0.6 is 23.4 Å². The number of hydrogen-bond acceptors (Lipinski definition) is 4. The Bertz CT molecular complexity index is 1640. The number of H-pyrrole nitrogens is 1. The van der Waals surface area contributed by atoms with Gasteiger partial charge in [-0.1, -0.05) is 71.9 Å². The molecule has 35 heavy (non-hydrogen) atoms. The third-order valence-electron chi connectivity index (χ3n) is 6.08. The van der Waals surface area contributed by atoms with Crippen LogP contribution < -0.4 is 10.9 Å². The van der Waals surface area contributed by atoms with Gasteiger partial charge in [-0.3, -0.25) is 14.2 Å². The predicted octanol–water partition coefficient (Wildman–Crippen LogP) is 5.55. The highest BCUT2D eigenvalue weighted by Gasteiger charge is 2.19. The number of thioether (sulfide) groups is 1. The van der Waals surface area contributed by atoms with Crippen molar-refractivity contribution in [1.29, 1.82) is 0 Å². The molecule has 5 rings (SSSR count). The summed E-state index contributed by atoms with van der Waals surface area (Å²) in [6, 6.07) is 20.9. The molecule has 8 heteroatoms. The van der Waals surface area contributed by atoms with Crippen LogP contribution in [0.15, 0.2) is 76.7 Å². The fraction of sp³-hybridized carbons (Fsp3) is 0.148. The molecule has 176 valence electrons. The number of nitrogens with zero attached hydrogens (tertiary/aromatic N) is 2. The van der Waals surface area contributed by atoms with E-state index in [9.17, 15) is 9.59 Å². The predicted molar refractivity (Wildman–Crippen MR) is 143 cm³/mol. The number of aromatic amines is 1. The van der Waals surface area contributed by atoms with E-state index in [1.165, 1.54) is 11.8 Å². The Morgan fingerprint density at radius 1 is 1.06 bits per heavy atom. The molecule has 0 spiro atoms. The summed E-state index contributed by atoms with van der Waals surface area (Å²) >= 11 is 7.44. The number of hydrogen-bond donors (Lipinski definition) is 2. The smallest absolute Gasteiger partial charge is 0.283 e. The lowest BCUT2D eigenvalue weighted by atomic mass is 10.1. The zero-order valence-electron chi connectivity index (χ0n) is 19.3. The zero-order valence-corrected chi connectivity index (χ0v) is 20.8. The normalized spacial score (nSPS) is 11.3. The van der Waals surface area contributed by atoms with Gasteiger partial charge in [0.2, 0.25) is 5.91 Å². The maximum atomic E-state index is 13.7. The summed E-state index contributed by atoms with van der Waals surface area (Å²) in [6.45, 7) is 4.32. The van der Waals surface area contributed by atoms with E-state index in [0.717, 1.165) is 33.3 Å². The molecule has 6 nitrogen and oxygen atoms in total. The van der Waals surface area contributed by atoms with Crippen LogP contribution in [0, 0.1) is 13.8 Å². The standard InChI is InChI=1S/C27H23ClN4O2S/c1-16-8-7-13-22(17(16)2)32-26(34)25-24(19-10-4-6-12-21(19)30-25)31-27(32)35-15-23(33)29-14-18-9-3-5-11-20(18)28/h3-13,30H,14-15H2,1-2H3,(H,29,33). The lowest BCUT2D eigenvalue weighted by molar-refractivity contribution is -0.118. The number of amides is 1. The molecule has 1 amide bonds. The second-order valence-corrected chi connectivity index (χ2v) is 9.65. The maximum absolute atomic E-state index is 13.7. The SMILES string of the molecule is Cc1cccc(-n2c(SCC(=O)NCc3ccccc3Cl)nc3c([nH]c4ccccc43)c2=O)c1C. The van der Waals surface area contributed by atoms with Crippen molar-refractivity contribution in [3.63, 3.8) is 0 Å². The van der Waals surface area contributed by atoms with Gasteiger partial charge in [-0.2, -0.15) is 0 Å². The second-order valence-electron chi connectivity index (χ2n) is 8.30. The lowest BCUT2D eigenvalue weighted by Crippen LogP contribution is -2.26. The van der Waals surface area contributed by atoms with Gasteiger partial charge >= 0.3 is 0 Å². The first kappa shape index (κ1) is 23.2. The second kappa shape index (κ2) is 9.60. The Morgan fingerprint density at radius 3 is 2.66 bits per heavy atom. The van der Waals surface area contributed by atoms with Crippen molar-refractivity contribution in [2.45, 2.75) is 25.5 Å². The number of para-hydroxylation sites is 1. The van der Waals surface area contributed by atoms with Crippen molar-refractivity contribution in [2.24, 2.45) is 0 Å². The van der Waals surface area contributed by atoms with Gasteiger partial charge in [0.05, 0.1) is 11.4 Å². The first-order valence-electron chi connectivity index (χ1n) is 11.2. The number of fused-ring (bicyclic) bond motifs is 3.